The maximum Gasteiger partial charge on any atom is 0.274 e. The van der Waals surface area contributed by atoms with Crippen LogP contribution in [0.15, 0.2) is 36.5 Å². The summed E-state index contributed by atoms with van der Waals surface area (Å²) >= 11 is 5.66. The third-order valence-corrected chi connectivity index (χ3v) is 5.55. The molecule has 0 spiro atoms. The van der Waals surface area contributed by atoms with E-state index < -0.39 is 21.7 Å². The highest BCUT2D eigenvalue weighted by molar-refractivity contribution is 7.93. The largest absolute Gasteiger partial charge is 0.321 e. The maximum absolute atomic E-state index is 13.1. The van der Waals surface area contributed by atoms with E-state index in [-0.39, 0.29) is 21.7 Å². The standard InChI is InChI=1S/C15H13ClFN3O3S/c16-12-7-9(1-4-13(12)17)19-15(21)14-8-10(5-6-18-14)20-24(22,23)11-2-3-11/h1,4-8,11H,2-3H2,(H,18,20)(H,19,21). The fourth-order valence-corrected chi connectivity index (χ4v) is 3.57. The Morgan fingerprint density at radius 1 is 1.21 bits per heavy atom. The van der Waals surface area contributed by atoms with Crippen molar-refractivity contribution in [3.8, 4) is 0 Å². The quantitative estimate of drug-likeness (QED) is 0.847. The van der Waals surface area contributed by atoms with Gasteiger partial charge >= 0.3 is 0 Å². The number of sulfonamides is 1. The van der Waals surface area contributed by atoms with Crippen molar-refractivity contribution in [3.63, 3.8) is 0 Å². The van der Waals surface area contributed by atoms with Crippen molar-refractivity contribution in [3.05, 3.63) is 53.1 Å². The topological polar surface area (TPSA) is 88.2 Å². The lowest BCUT2D eigenvalue weighted by molar-refractivity contribution is 0.102. The van der Waals surface area contributed by atoms with E-state index in [0.717, 1.165) is 6.07 Å². The fourth-order valence-electron chi connectivity index (χ4n) is 2.01. The second kappa shape index (κ2) is 6.37. The summed E-state index contributed by atoms with van der Waals surface area (Å²) in [6, 6.07) is 6.56. The van der Waals surface area contributed by atoms with Crippen molar-refractivity contribution in [2.75, 3.05) is 10.0 Å². The van der Waals surface area contributed by atoms with E-state index in [9.17, 15) is 17.6 Å². The molecule has 1 aromatic heterocycles. The van der Waals surface area contributed by atoms with Crippen LogP contribution in [0.25, 0.3) is 0 Å². The van der Waals surface area contributed by atoms with Crippen molar-refractivity contribution in [2.24, 2.45) is 0 Å². The lowest BCUT2D eigenvalue weighted by Crippen LogP contribution is -2.18. The zero-order valence-electron chi connectivity index (χ0n) is 12.3. The Morgan fingerprint density at radius 2 is 1.96 bits per heavy atom. The van der Waals surface area contributed by atoms with Crippen LogP contribution in [0, 0.1) is 5.82 Å². The molecule has 6 nitrogen and oxygen atoms in total. The number of hydrogen-bond acceptors (Lipinski definition) is 4. The van der Waals surface area contributed by atoms with Gasteiger partial charge in [-0.25, -0.2) is 12.8 Å². The third-order valence-electron chi connectivity index (χ3n) is 3.39. The molecule has 1 fully saturated rings. The number of benzene rings is 1. The van der Waals surface area contributed by atoms with Gasteiger partial charge in [-0.1, -0.05) is 11.6 Å². The molecule has 1 aliphatic carbocycles. The summed E-state index contributed by atoms with van der Waals surface area (Å²) in [5.41, 5.74) is 0.586. The zero-order valence-corrected chi connectivity index (χ0v) is 13.9. The molecule has 1 heterocycles. The molecular weight excluding hydrogens is 357 g/mol. The van der Waals surface area contributed by atoms with Crippen LogP contribution < -0.4 is 10.0 Å². The number of aromatic nitrogens is 1. The van der Waals surface area contributed by atoms with Crippen molar-refractivity contribution in [1.29, 1.82) is 0 Å². The molecule has 1 amide bonds. The summed E-state index contributed by atoms with van der Waals surface area (Å²) in [5, 5.41) is 2.03. The molecule has 1 aromatic carbocycles. The molecule has 1 aliphatic rings. The summed E-state index contributed by atoms with van der Waals surface area (Å²) in [6.07, 6.45) is 2.61. The lowest BCUT2D eigenvalue weighted by atomic mass is 10.2. The summed E-state index contributed by atoms with van der Waals surface area (Å²) in [6.45, 7) is 0. The van der Waals surface area contributed by atoms with E-state index in [1.165, 1.54) is 30.5 Å². The SMILES string of the molecule is O=C(Nc1ccc(F)c(Cl)c1)c1cc(NS(=O)(=O)C2CC2)ccn1. The second-order valence-electron chi connectivity index (χ2n) is 5.36. The first-order valence-corrected chi connectivity index (χ1v) is 9.02. The van der Waals surface area contributed by atoms with Crippen LogP contribution >= 0.6 is 11.6 Å². The van der Waals surface area contributed by atoms with Crippen LogP contribution in [-0.4, -0.2) is 24.6 Å². The van der Waals surface area contributed by atoms with Gasteiger partial charge in [0.1, 0.15) is 11.5 Å². The van der Waals surface area contributed by atoms with Gasteiger partial charge in [0.25, 0.3) is 5.91 Å². The molecule has 1 saturated carbocycles. The molecule has 126 valence electrons. The van der Waals surface area contributed by atoms with Gasteiger partial charge in [0.05, 0.1) is 16.0 Å². The lowest BCUT2D eigenvalue weighted by Gasteiger charge is -2.09. The van der Waals surface area contributed by atoms with Crippen molar-refractivity contribution < 1.29 is 17.6 Å². The van der Waals surface area contributed by atoms with Crippen LogP contribution in [0.2, 0.25) is 5.02 Å². The highest BCUT2D eigenvalue weighted by atomic mass is 35.5. The molecule has 0 atom stereocenters. The Kier molecular flexibility index (Phi) is 4.42. The highest BCUT2D eigenvalue weighted by Gasteiger charge is 2.35. The van der Waals surface area contributed by atoms with E-state index in [4.69, 9.17) is 11.6 Å². The Balaban J connectivity index is 1.75. The number of carbonyl (C=O) groups excluding carboxylic acids is 1. The fraction of sp³-hybridized carbons (Fsp3) is 0.200. The number of nitrogens with zero attached hydrogens (tertiary/aromatic N) is 1. The molecule has 2 N–H and O–H groups in total. The molecule has 24 heavy (non-hydrogen) atoms. The minimum absolute atomic E-state index is 0.0199. The number of carbonyl (C=O) groups is 1. The van der Waals surface area contributed by atoms with Crippen LogP contribution in [0.5, 0.6) is 0 Å². The van der Waals surface area contributed by atoms with Gasteiger partial charge < -0.3 is 5.32 Å². The zero-order chi connectivity index (χ0) is 17.3. The van der Waals surface area contributed by atoms with E-state index >= 15 is 0 Å². The first kappa shape index (κ1) is 16.7. The average molecular weight is 370 g/mol. The smallest absolute Gasteiger partial charge is 0.274 e. The Hall–Kier alpha value is -2.19. The monoisotopic (exact) mass is 369 g/mol. The molecule has 0 bridgehead atoms. The number of nitrogens with one attached hydrogen (secondary N) is 2. The summed E-state index contributed by atoms with van der Waals surface area (Å²) in [4.78, 5) is 16.1. The predicted octanol–water partition coefficient (Wildman–Crippen LogP) is 3.03. The highest BCUT2D eigenvalue weighted by Crippen LogP contribution is 2.29. The van der Waals surface area contributed by atoms with E-state index in [1.54, 1.807) is 0 Å². The first-order valence-electron chi connectivity index (χ1n) is 7.09. The van der Waals surface area contributed by atoms with Crippen LogP contribution in [-0.2, 0) is 10.0 Å². The van der Waals surface area contributed by atoms with Crippen molar-refractivity contribution in [1.82, 2.24) is 4.98 Å². The van der Waals surface area contributed by atoms with E-state index in [2.05, 4.69) is 15.0 Å². The Bertz CT molecular complexity index is 901. The molecule has 0 saturated heterocycles. The molecule has 9 heteroatoms. The van der Waals surface area contributed by atoms with Gasteiger partial charge in [0.15, 0.2) is 0 Å². The van der Waals surface area contributed by atoms with Crippen LogP contribution in [0.4, 0.5) is 15.8 Å². The van der Waals surface area contributed by atoms with Gasteiger partial charge in [-0.2, -0.15) is 0 Å². The van der Waals surface area contributed by atoms with Gasteiger partial charge in [-0.05, 0) is 43.2 Å². The Labute approximate surface area is 143 Å². The summed E-state index contributed by atoms with van der Waals surface area (Å²) < 4.78 is 39.4. The van der Waals surface area contributed by atoms with Crippen molar-refractivity contribution >= 4 is 38.9 Å². The molecule has 3 rings (SSSR count). The number of amides is 1. The number of anilines is 2. The molecule has 0 radical (unpaired) electrons. The van der Waals surface area contributed by atoms with Crippen LogP contribution in [0.1, 0.15) is 23.3 Å². The molecule has 0 aliphatic heterocycles. The average Bonchev–Trinajstić information content (AvgIpc) is 3.36. The van der Waals surface area contributed by atoms with Gasteiger partial charge in [-0.3, -0.25) is 14.5 Å². The minimum Gasteiger partial charge on any atom is -0.321 e. The van der Waals surface area contributed by atoms with Gasteiger partial charge in [0, 0.05) is 11.9 Å². The molecule has 2 aromatic rings. The predicted molar refractivity (Wildman–Crippen MR) is 89.2 cm³/mol. The summed E-state index contributed by atoms with van der Waals surface area (Å²) in [7, 11) is -3.42. The van der Waals surface area contributed by atoms with Crippen LogP contribution in [0.3, 0.4) is 0 Å². The molecule has 0 unspecified atom stereocenters. The van der Waals surface area contributed by atoms with Gasteiger partial charge in [-0.15, -0.1) is 0 Å². The molecular formula is C15H13ClFN3O3S. The normalized spacial score (nSPS) is 14.2. The number of halogens is 2. The van der Waals surface area contributed by atoms with E-state index in [1.807, 2.05) is 0 Å². The van der Waals surface area contributed by atoms with E-state index in [0.29, 0.717) is 18.5 Å². The Morgan fingerprint density at radius 3 is 2.62 bits per heavy atom. The number of hydrogen-bond donors (Lipinski definition) is 2. The number of pyridine rings is 1. The maximum atomic E-state index is 13.1. The minimum atomic E-state index is -3.42. The van der Waals surface area contributed by atoms with Gasteiger partial charge in [0.2, 0.25) is 10.0 Å². The first-order chi connectivity index (χ1) is 11.3. The summed E-state index contributed by atoms with van der Waals surface area (Å²) in [5.74, 6) is -1.16. The second-order valence-corrected chi connectivity index (χ2v) is 7.73. The third kappa shape index (κ3) is 3.82. The van der Waals surface area contributed by atoms with Crippen molar-refractivity contribution in [2.45, 2.75) is 18.1 Å². The number of rotatable bonds is 5.